The number of rotatable bonds is 3. The highest BCUT2D eigenvalue weighted by Gasteiger charge is 2.22. The van der Waals surface area contributed by atoms with Crippen molar-refractivity contribution in [2.45, 2.75) is 56.9 Å². The van der Waals surface area contributed by atoms with Crippen molar-refractivity contribution in [2.75, 3.05) is 0 Å². The molecule has 1 aromatic carbocycles. The Morgan fingerprint density at radius 2 is 2.00 bits per heavy atom. The zero-order chi connectivity index (χ0) is 13.8. The second-order valence-corrected chi connectivity index (χ2v) is 6.11. The molecular formula is C16H23NOS. The molecule has 1 aromatic rings. The molecular weight excluding hydrogens is 254 g/mol. The molecule has 0 aliphatic heterocycles. The van der Waals surface area contributed by atoms with Gasteiger partial charge in [-0.2, -0.15) is 0 Å². The van der Waals surface area contributed by atoms with E-state index in [1.54, 1.807) is 0 Å². The minimum Gasteiger partial charge on any atom is -0.349 e. The zero-order valence-electron chi connectivity index (χ0n) is 11.8. The summed E-state index contributed by atoms with van der Waals surface area (Å²) in [5.41, 5.74) is 1.77. The average molecular weight is 277 g/mol. The van der Waals surface area contributed by atoms with Gasteiger partial charge in [-0.1, -0.05) is 19.4 Å². The van der Waals surface area contributed by atoms with Crippen LogP contribution in [0.4, 0.5) is 0 Å². The average Bonchev–Trinajstić information content (AvgIpc) is 2.42. The molecule has 1 N–H and O–H groups in total. The molecule has 0 heterocycles. The number of thiol groups is 1. The van der Waals surface area contributed by atoms with Crippen molar-refractivity contribution in [1.29, 1.82) is 0 Å². The largest absolute Gasteiger partial charge is 0.349 e. The quantitative estimate of drug-likeness (QED) is 0.804. The van der Waals surface area contributed by atoms with Crippen molar-refractivity contribution in [1.82, 2.24) is 5.32 Å². The Hall–Kier alpha value is -0.960. The molecule has 0 atom stereocenters. The van der Waals surface area contributed by atoms with E-state index in [0.29, 0.717) is 6.04 Å². The van der Waals surface area contributed by atoms with Crippen LogP contribution < -0.4 is 5.32 Å². The van der Waals surface area contributed by atoms with Gasteiger partial charge in [0.05, 0.1) is 0 Å². The highest BCUT2D eigenvalue weighted by Crippen LogP contribution is 2.26. The van der Waals surface area contributed by atoms with Crippen LogP contribution in [0.3, 0.4) is 0 Å². The molecule has 0 aromatic heterocycles. The first-order valence-corrected chi connectivity index (χ1v) is 7.65. The van der Waals surface area contributed by atoms with Crippen LogP contribution in [0.2, 0.25) is 0 Å². The van der Waals surface area contributed by atoms with Crippen LogP contribution in [0.25, 0.3) is 0 Å². The number of carbonyl (C=O) groups is 1. The van der Waals surface area contributed by atoms with Crippen LogP contribution in [0.5, 0.6) is 0 Å². The maximum atomic E-state index is 12.3. The maximum Gasteiger partial charge on any atom is 0.251 e. The summed E-state index contributed by atoms with van der Waals surface area (Å²) < 4.78 is 0. The molecule has 1 saturated carbocycles. The molecule has 0 saturated heterocycles. The van der Waals surface area contributed by atoms with E-state index in [4.69, 9.17) is 0 Å². The second kappa shape index (κ2) is 6.47. The standard InChI is InChI=1S/C16H23NOS/c1-3-12-5-7-13(8-6-12)17-16(18)15-10-14(19)9-4-11(15)2/h4,9-10,12-13,19H,3,5-8H2,1-2H3,(H,17,18). The van der Waals surface area contributed by atoms with E-state index in [-0.39, 0.29) is 5.91 Å². The van der Waals surface area contributed by atoms with Gasteiger partial charge in [-0.3, -0.25) is 4.79 Å². The third-order valence-corrected chi connectivity index (χ3v) is 4.50. The van der Waals surface area contributed by atoms with E-state index in [9.17, 15) is 4.79 Å². The van der Waals surface area contributed by atoms with Crippen molar-refractivity contribution in [3.63, 3.8) is 0 Å². The minimum atomic E-state index is 0.0494. The summed E-state index contributed by atoms with van der Waals surface area (Å²) in [6.45, 7) is 4.22. The van der Waals surface area contributed by atoms with E-state index >= 15 is 0 Å². The molecule has 0 spiro atoms. The summed E-state index contributed by atoms with van der Waals surface area (Å²) >= 11 is 4.31. The third-order valence-electron chi connectivity index (χ3n) is 4.23. The highest BCUT2D eigenvalue weighted by atomic mass is 32.1. The third kappa shape index (κ3) is 3.75. The summed E-state index contributed by atoms with van der Waals surface area (Å²) in [5.74, 6) is 0.906. The molecule has 0 bridgehead atoms. The normalized spacial score (nSPS) is 23.1. The van der Waals surface area contributed by atoms with Gasteiger partial charge in [-0.05, 0) is 56.2 Å². The first-order chi connectivity index (χ1) is 9.10. The Labute approximate surface area is 121 Å². The Bertz CT molecular complexity index is 450. The molecule has 0 radical (unpaired) electrons. The van der Waals surface area contributed by atoms with E-state index in [1.165, 1.54) is 19.3 Å². The fourth-order valence-corrected chi connectivity index (χ4v) is 3.04. The van der Waals surface area contributed by atoms with E-state index in [1.807, 2.05) is 25.1 Å². The fraction of sp³-hybridized carbons (Fsp3) is 0.562. The van der Waals surface area contributed by atoms with Crippen molar-refractivity contribution >= 4 is 18.5 Å². The summed E-state index contributed by atoms with van der Waals surface area (Å²) in [6, 6.07) is 6.07. The van der Waals surface area contributed by atoms with E-state index in [0.717, 1.165) is 34.8 Å². The smallest absolute Gasteiger partial charge is 0.251 e. The van der Waals surface area contributed by atoms with Gasteiger partial charge in [-0.25, -0.2) is 0 Å². The molecule has 0 unspecified atom stereocenters. The molecule has 1 fully saturated rings. The first kappa shape index (κ1) is 14.4. The monoisotopic (exact) mass is 277 g/mol. The highest BCUT2D eigenvalue weighted by molar-refractivity contribution is 7.80. The predicted octanol–water partition coefficient (Wildman–Crippen LogP) is 3.98. The Kier molecular flexibility index (Phi) is 4.92. The summed E-state index contributed by atoms with van der Waals surface area (Å²) in [4.78, 5) is 13.1. The van der Waals surface area contributed by atoms with Gasteiger partial charge in [0, 0.05) is 16.5 Å². The molecule has 1 aliphatic carbocycles. The Morgan fingerprint density at radius 1 is 1.32 bits per heavy atom. The van der Waals surface area contributed by atoms with Crippen molar-refractivity contribution in [3.8, 4) is 0 Å². The van der Waals surface area contributed by atoms with Gasteiger partial charge in [0.15, 0.2) is 0 Å². The van der Waals surface area contributed by atoms with Crippen LogP contribution in [0.1, 0.15) is 54.9 Å². The summed E-state index contributed by atoms with van der Waals surface area (Å²) in [6.07, 6.45) is 5.98. The minimum absolute atomic E-state index is 0.0494. The molecule has 1 aliphatic rings. The second-order valence-electron chi connectivity index (χ2n) is 5.60. The van der Waals surface area contributed by atoms with Gasteiger partial charge in [-0.15, -0.1) is 12.6 Å². The molecule has 19 heavy (non-hydrogen) atoms. The van der Waals surface area contributed by atoms with Crippen LogP contribution in [-0.4, -0.2) is 11.9 Å². The van der Waals surface area contributed by atoms with Crippen LogP contribution >= 0.6 is 12.6 Å². The van der Waals surface area contributed by atoms with Gasteiger partial charge < -0.3 is 5.32 Å². The first-order valence-electron chi connectivity index (χ1n) is 7.20. The molecule has 1 amide bonds. The number of amides is 1. The summed E-state index contributed by atoms with van der Waals surface area (Å²) in [5, 5.41) is 3.17. The maximum absolute atomic E-state index is 12.3. The molecule has 3 heteroatoms. The van der Waals surface area contributed by atoms with E-state index < -0.39 is 0 Å². The number of aryl methyl sites for hydroxylation is 1. The fourth-order valence-electron chi connectivity index (χ4n) is 2.83. The number of carbonyl (C=O) groups excluding carboxylic acids is 1. The molecule has 2 rings (SSSR count). The lowest BCUT2D eigenvalue weighted by atomic mass is 9.84. The molecule has 2 nitrogen and oxygen atoms in total. The van der Waals surface area contributed by atoms with Gasteiger partial charge in [0.1, 0.15) is 0 Å². The van der Waals surface area contributed by atoms with Gasteiger partial charge in [0.2, 0.25) is 0 Å². The van der Waals surface area contributed by atoms with Crippen molar-refractivity contribution < 1.29 is 4.79 Å². The number of benzene rings is 1. The van der Waals surface area contributed by atoms with Gasteiger partial charge in [0.25, 0.3) is 5.91 Å². The zero-order valence-corrected chi connectivity index (χ0v) is 12.7. The van der Waals surface area contributed by atoms with Crippen LogP contribution in [-0.2, 0) is 0 Å². The topological polar surface area (TPSA) is 29.1 Å². The predicted molar refractivity (Wildman–Crippen MR) is 81.9 cm³/mol. The lowest BCUT2D eigenvalue weighted by Gasteiger charge is -2.28. The van der Waals surface area contributed by atoms with Crippen LogP contribution in [0.15, 0.2) is 23.1 Å². The van der Waals surface area contributed by atoms with Crippen molar-refractivity contribution in [3.05, 3.63) is 29.3 Å². The lowest BCUT2D eigenvalue weighted by molar-refractivity contribution is 0.0921. The number of hydrogen-bond donors (Lipinski definition) is 2. The number of nitrogens with one attached hydrogen (secondary N) is 1. The Balaban J connectivity index is 1.96. The molecule has 104 valence electrons. The SMILES string of the molecule is CCC1CCC(NC(=O)c2cc(S)ccc2C)CC1. The van der Waals surface area contributed by atoms with Gasteiger partial charge >= 0.3 is 0 Å². The summed E-state index contributed by atoms with van der Waals surface area (Å²) in [7, 11) is 0. The van der Waals surface area contributed by atoms with Crippen LogP contribution in [0, 0.1) is 12.8 Å². The Morgan fingerprint density at radius 3 is 2.63 bits per heavy atom. The van der Waals surface area contributed by atoms with Crippen molar-refractivity contribution in [2.24, 2.45) is 5.92 Å². The van der Waals surface area contributed by atoms with E-state index in [2.05, 4.69) is 24.9 Å². The number of hydrogen-bond acceptors (Lipinski definition) is 2. The lowest BCUT2D eigenvalue weighted by Crippen LogP contribution is -2.37.